The molecule has 0 aromatic rings. The number of carbonyl (C=O) groups is 2. The maximum absolute atomic E-state index is 12.5. The highest BCUT2D eigenvalue weighted by Gasteiger charge is 2.52. The molecule has 1 aliphatic carbocycles. The van der Waals surface area contributed by atoms with E-state index in [0.29, 0.717) is 19.4 Å². The highest BCUT2D eigenvalue weighted by molar-refractivity contribution is 5.87. The van der Waals surface area contributed by atoms with Crippen molar-refractivity contribution in [3.8, 4) is 0 Å². The van der Waals surface area contributed by atoms with Gasteiger partial charge in [-0.25, -0.2) is 9.59 Å². The molecular formula is C15H26N2O4. The fraction of sp³-hybridized carbons (Fsp3) is 0.867. The Morgan fingerprint density at radius 1 is 1.43 bits per heavy atom. The summed E-state index contributed by atoms with van der Waals surface area (Å²) in [6, 6.07) is -0.233. The van der Waals surface area contributed by atoms with Crippen molar-refractivity contribution in [2.24, 2.45) is 5.41 Å². The molecule has 0 bridgehead atoms. The molecule has 21 heavy (non-hydrogen) atoms. The average molecular weight is 298 g/mol. The molecule has 2 fully saturated rings. The zero-order valence-corrected chi connectivity index (χ0v) is 13.3. The van der Waals surface area contributed by atoms with E-state index in [2.05, 4.69) is 19.2 Å². The van der Waals surface area contributed by atoms with Crippen molar-refractivity contribution in [3.05, 3.63) is 0 Å². The average Bonchev–Trinajstić information content (AvgIpc) is 2.87. The van der Waals surface area contributed by atoms with Gasteiger partial charge in [0, 0.05) is 25.1 Å². The zero-order chi connectivity index (χ0) is 15.8. The van der Waals surface area contributed by atoms with E-state index in [1.807, 2.05) is 6.92 Å². The van der Waals surface area contributed by atoms with E-state index < -0.39 is 11.5 Å². The predicted molar refractivity (Wildman–Crippen MR) is 78.1 cm³/mol. The smallest absolute Gasteiger partial charge is 0.329 e. The Balaban J connectivity index is 2.06. The van der Waals surface area contributed by atoms with Crippen LogP contribution in [-0.4, -0.2) is 53.3 Å². The summed E-state index contributed by atoms with van der Waals surface area (Å²) in [5.41, 5.74) is -1.17. The number of hydrogen-bond donors (Lipinski definition) is 2. The molecule has 0 aromatic carbocycles. The van der Waals surface area contributed by atoms with Crippen LogP contribution in [0.2, 0.25) is 0 Å². The van der Waals surface area contributed by atoms with Gasteiger partial charge in [-0.15, -0.1) is 0 Å². The number of ether oxygens (including phenoxy) is 1. The quantitative estimate of drug-likeness (QED) is 0.830. The number of methoxy groups -OCH3 is 1. The van der Waals surface area contributed by atoms with Crippen LogP contribution < -0.4 is 5.32 Å². The standard InChI is InChI=1S/C15H26N2O4/c1-5-15(12(18)19)7-6-8-17(15)13(20)16-10-9-11(21-4)14(10,2)3/h10-11H,5-9H2,1-4H3,(H,16,20)(H,18,19). The summed E-state index contributed by atoms with van der Waals surface area (Å²) in [6.45, 7) is 6.45. The fourth-order valence-corrected chi connectivity index (χ4v) is 3.67. The number of carboxylic acid groups (broad SMARTS) is 1. The lowest BCUT2D eigenvalue weighted by atomic mass is 9.64. The molecule has 3 unspecified atom stereocenters. The molecule has 0 aromatic heterocycles. The summed E-state index contributed by atoms with van der Waals surface area (Å²) in [5, 5.41) is 12.5. The summed E-state index contributed by atoms with van der Waals surface area (Å²) in [5.74, 6) is -0.903. The van der Waals surface area contributed by atoms with Gasteiger partial charge in [0.25, 0.3) is 0 Å². The maximum atomic E-state index is 12.5. The lowest BCUT2D eigenvalue weighted by Gasteiger charge is -2.51. The van der Waals surface area contributed by atoms with Crippen molar-refractivity contribution in [2.75, 3.05) is 13.7 Å². The predicted octanol–water partition coefficient (Wildman–Crippen LogP) is 1.84. The maximum Gasteiger partial charge on any atom is 0.329 e. The van der Waals surface area contributed by atoms with Crippen molar-refractivity contribution in [2.45, 2.75) is 64.1 Å². The Bertz CT molecular complexity index is 437. The van der Waals surface area contributed by atoms with Crippen LogP contribution in [0.5, 0.6) is 0 Å². The molecular weight excluding hydrogens is 272 g/mol. The summed E-state index contributed by atoms with van der Waals surface area (Å²) in [7, 11) is 1.68. The van der Waals surface area contributed by atoms with Crippen LogP contribution in [0, 0.1) is 5.41 Å². The minimum atomic E-state index is -1.04. The summed E-state index contributed by atoms with van der Waals surface area (Å²) < 4.78 is 5.38. The van der Waals surface area contributed by atoms with Gasteiger partial charge in [-0.05, 0) is 25.7 Å². The first-order valence-electron chi connectivity index (χ1n) is 7.64. The molecule has 6 nitrogen and oxygen atoms in total. The number of aliphatic carboxylic acids is 1. The SMILES string of the molecule is CCC1(C(=O)O)CCCN1C(=O)NC1CC(OC)C1(C)C. The van der Waals surface area contributed by atoms with Crippen molar-refractivity contribution in [1.82, 2.24) is 10.2 Å². The van der Waals surface area contributed by atoms with Gasteiger partial charge in [-0.3, -0.25) is 0 Å². The fourth-order valence-electron chi connectivity index (χ4n) is 3.67. The third-order valence-corrected chi connectivity index (χ3v) is 5.48. The lowest BCUT2D eigenvalue weighted by molar-refractivity contribution is -0.148. The first-order valence-corrected chi connectivity index (χ1v) is 7.64. The number of carboxylic acids is 1. The van der Waals surface area contributed by atoms with E-state index in [-0.39, 0.29) is 23.6 Å². The van der Waals surface area contributed by atoms with Gasteiger partial charge in [0.2, 0.25) is 0 Å². The van der Waals surface area contributed by atoms with Crippen LogP contribution in [-0.2, 0) is 9.53 Å². The molecule has 0 spiro atoms. The number of urea groups is 1. The molecule has 1 heterocycles. The first-order chi connectivity index (χ1) is 9.79. The van der Waals surface area contributed by atoms with Gasteiger partial charge in [0.05, 0.1) is 6.10 Å². The summed E-state index contributed by atoms with van der Waals surface area (Å²) >= 11 is 0. The molecule has 6 heteroatoms. The van der Waals surface area contributed by atoms with Crippen molar-refractivity contribution >= 4 is 12.0 Å². The third kappa shape index (κ3) is 2.39. The van der Waals surface area contributed by atoms with E-state index >= 15 is 0 Å². The second-order valence-corrected chi connectivity index (χ2v) is 6.73. The number of likely N-dealkylation sites (tertiary alicyclic amines) is 1. The molecule has 1 saturated heterocycles. The summed E-state index contributed by atoms with van der Waals surface area (Å²) in [4.78, 5) is 25.6. The van der Waals surface area contributed by atoms with Crippen molar-refractivity contribution in [3.63, 3.8) is 0 Å². The largest absolute Gasteiger partial charge is 0.479 e. The minimum Gasteiger partial charge on any atom is -0.479 e. The molecule has 3 atom stereocenters. The van der Waals surface area contributed by atoms with Gasteiger partial charge in [0.15, 0.2) is 0 Å². The van der Waals surface area contributed by atoms with Crippen molar-refractivity contribution < 1.29 is 19.4 Å². The Hall–Kier alpha value is -1.30. The number of nitrogens with zero attached hydrogens (tertiary/aromatic N) is 1. The second kappa shape index (κ2) is 5.48. The Kier molecular flexibility index (Phi) is 4.19. The van der Waals surface area contributed by atoms with E-state index in [1.54, 1.807) is 7.11 Å². The van der Waals surface area contributed by atoms with Crippen LogP contribution in [0.15, 0.2) is 0 Å². The molecule has 1 aliphatic heterocycles. The number of rotatable bonds is 4. The lowest BCUT2D eigenvalue weighted by Crippen LogP contribution is -2.65. The van der Waals surface area contributed by atoms with Gasteiger partial charge in [-0.2, -0.15) is 0 Å². The topological polar surface area (TPSA) is 78.9 Å². The van der Waals surface area contributed by atoms with Crippen LogP contribution in [0.4, 0.5) is 4.79 Å². The van der Waals surface area contributed by atoms with Gasteiger partial charge >= 0.3 is 12.0 Å². The van der Waals surface area contributed by atoms with E-state index in [1.165, 1.54) is 4.90 Å². The molecule has 2 rings (SSSR count). The molecule has 2 amide bonds. The number of nitrogens with one attached hydrogen (secondary N) is 1. The van der Waals surface area contributed by atoms with E-state index in [4.69, 9.17) is 4.74 Å². The molecule has 2 aliphatic rings. The number of hydrogen-bond acceptors (Lipinski definition) is 3. The van der Waals surface area contributed by atoms with Crippen LogP contribution in [0.25, 0.3) is 0 Å². The monoisotopic (exact) mass is 298 g/mol. The third-order valence-electron chi connectivity index (χ3n) is 5.48. The molecule has 0 radical (unpaired) electrons. The van der Waals surface area contributed by atoms with E-state index in [0.717, 1.165) is 12.8 Å². The van der Waals surface area contributed by atoms with Gasteiger partial charge < -0.3 is 20.1 Å². The number of carbonyl (C=O) groups excluding carboxylic acids is 1. The molecule has 2 N–H and O–H groups in total. The Morgan fingerprint density at radius 3 is 2.57 bits per heavy atom. The number of amides is 2. The van der Waals surface area contributed by atoms with Gasteiger partial charge in [-0.1, -0.05) is 20.8 Å². The molecule has 120 valence electrons. The van der Waals surface area contributed by atoms with E-state index in [9.17, 15) is 14.7 Å². The normalized spacial score (nSPS) is 34.4. The highest BCUT2D eigenvalue weighted by atomic mass is 16.5. The van der Waals surface area contributed by atoms with Gasteiger partial charge in [0.1, 0.15) is 5.54 Å². The highest BCUT2D eigenvalue weighted by Crippen LogP contribution is 2.43. The van der Waals surface area contributed by atoms with Crippen LogP contribution >= 0.6 is 0 Å². The Morgan fingerprint density at radius 2 is 2.10 bits per heavy atom. The molecule has 1 saturated carbocycles. The zero-order valence-electron chi connectivity index (χ0n) is 13.3. The first kappa shape index (κ1) is 16.1. The minimum absolute atomic E-state index is 0.0268. The van der Waals surface area contributed by atoms with Crippen molar-refractivity contribution in [1.29, 1.82) is 0 Å². The van der Waals surface area contributed by atoms with Crippen LogP contribution in [0.3, 0.4) is 0 Å². The summed E-state index contributed by atoms with van der Waals surface area (Å²) in [6.07, 6.45) is 2.61. The second-order valence-electron chi connectivity index (χ2n) is 6.73. The Labute approximate surface area is 125 Å². The van der Waals surface area contributed by atoms with Crippen LogP contribution in [0.1, 0.15) is 46.5 Å².